The Morgan fingerprint density at radius 1 is 1.07 bits per heavy atom. The van der Waals surface area contributed by atoms with Crippen molar-refractivity contribution in [2.75, 3.05) is 32.7 Å². The molecule has 0 radical (unpaired) electrons. The van der Waals surface area contributed by atoms with E-state index in [0.717, 1.165) is 16.4 Å². The first-order valence-corrected chi connectivity index (χ1v) is 10.7. The second-order valence-corrected chi connectivity index (χ2v) is 8.77. The molecule has 7 nitrogen and oxygen atoms in total. The summed E-state index contributed by atoms with van der Waals surface area (Å²) < 4.78 is 52.6. The average Bonchev–Trinajstić information content (AvgIpc) is 3.23. The molecule has 0 saturated carbocycles. The third-order valence-corrected chi connectivity index (χ3v) is 6.88. The van der Waals surface area contributed by atoms with Gasteiger partial charge in [-0.15, -0.1) is 0 Å². The molecule has 2 heterocycles. The Balaban J connectivity index is 1.55. The van der Waals surface area contributed by atoms with E-state index < -0.39 is 21.7 Å². The molecule has 150 valence electrons. The molecule has 1 aromatic carbocycles. The molecule has 28 heavy (non-hydrogen) atoms. The van der Waals surface area contributed by atoms with Gasteiger partial charge >= 0.3 is 0 Å². The number of benzene rings is 1. The fraction of sp³-hybridized carbons (Fsp3) is 0.294. The SMILES string of the molecule is O=C(NCC(=O)N1CCN(S(=O)(=O)c2ccc(F)c(F)c2)CC1)c1ccsc1. The van der Waals surface area contributed by atoms with Crippen LogP contribution in [-0.2, 0) is 14.8 Å². The molecule has 2 amide bonds. The number of sulfonamides is 1. The largest absolute Gasteiger partial charge is 0.343 e. The highest BCUT2D eigenvalue weighted by Gasteiger charge is 2.30. The van der Waals surface area contributed by atoms with Crippen LogP contribution >= 0.6 is 11.3 Å². The minimum absolute atomic E-state index is 0.0194. The highest BCUT2D eigenvalue weighted by molar-refractivity contribution is 7.89. The lowest BCUT2D eigenvalue weighted by Gasteiger charge is -2.34. The van der Waals surface area contributed by atoms with E-state index in [2.05, 4.69) is 5.32 Å². The van der Waals surface area contributed by atoms with Gasteiger partial charge in [-0.25, -0.2) is 17.2 Å². The van der Waals surface area contributed by atoms with Gasteiger partial charge in [-0.1, -0.05) is 0 Å². The predicted octanol–water partition coefficient (Wildman–Crippen LogP) is 1.29. The maximum Gasteiger partial charge on any atom is 0.252 e. The standard InChI is InChI=1S/C17H17F2N3O4S2/c18-14-2-1-13(9-15(14)19)28(25,26)22-6-4-21(5-7-22)16(23)10-20-17(24)12-3-8-27-11-12/h1-3,8-9,11H,4-7,10H2,(H,20,24). The summed E-state index contributed by atoms with van der Waals surface area (Å²) in [6, 6.07) is 4.05. The molecule has 0 aliphatic carbocycles. The van der Waals surface area contributed by atoms with Crippen LogP contribution in [0, 0.1) is 11.6 Å². The summed E-state index contributed by atoms with van der Waals surface area (Å²) in [5, 5.41) is 5.95. The topological polar surface area (TPSA) is 86.8 Å². The normalized spacial score (nSPS) is 15.4. The molecule has 0 unspecified atom stereocenters. The minimum Gasteiger partial charge on any atom is -0.343 e. The van der Waals surface area contributed by atoms with E-state index in [4.69, 9.17) is 0 Å². The van der Waals surface area contributed by atoms with Crippen LogP contribution in [0.4, 0.5) is 8.78 Å². The van der Waals surface area contributed by atoms with Crippen LogP contribution in [0.1, 0.15) is 10.4 Å². The number of carbonyl (C=O) groups excluding carboxylic acids is 2. The first-order chi connectivity index (χ1) is 13.3. The highest BCUT2D eigenvalue weighted by atomic mass is 32.2. The van der Waals surface area contributed by atoms with Crippen LogP contribution < -0.4 is 5.32 Å². The van der Waals surface area contributed by atoms with E-state index in [1.165, 1.54) is 16.2 Å². The lowest BCUT2D eigenvalue weighted by Crippen LogP contribution is -2.52. The highest BCUT2D eigenvalue weighted by Crippen LogP contribution is 2.20. The molecular formula is C17H17F2N3O4S2. The van der Waals surface area contributed by atoms with Gasteiger partial charge in [0.2, 0.25) is 15.9 Å². The molecule has 1 aliphatic rings. The number of rotatable bonds is 5. The van der Waals surface area contributed by atoms with Gasteiger partial charge in [0.15, 0.2) is 11.6 Å². The molecule has 1 N–H and O–H groups in total. The van der Waals surface area contributed by atoms with Crippen molar-refractivity contribution in [2.24, 2.45) is 0 Å². The first-order valence-electron chi connectivity index (χ1n) is 8.32. The van der Waals surface area contributed by atoms with Crippen molar-refractivity contribution in [3.8, 4) is 0 Å². The number of nitrogens with zero attached hydrogens (tertiary/aromatic N) is 2. The predicted molar refractivity (Wildman–Crippen MR) is 98.3 cm³/mol. The van der Waals surface area contributed by atoms with E-state index in [0.29, 0.717) is 11.6 Å². The molecule has 0 spiro atoms. The molecule has 3 rings (SSSR count). The van der Waals surface area contributed by atoms with Crippen molar-refractivity contribution in [3.63, 3.8) is 0 Å². The van der Waals surface area contributed by atoms with Crippen LogP contribution in [0.2, 0.25) is 0 Å². The van der Waals surface area contributed by atoms with Crippen molar-refractivity contribution in [2.45, 2.75) is 4.90 Å². The van der Waals surface area contributed by atoms with Crippen LogP contribution in [0.15, 0.2) is 39.9 Å². The molecule has 0 bridgehead atoms. The van der Waals surface area contributed by atoms with Crippen molar-refractivity contribution in [1.82, 2.24) is 14.5 Å². The number of carbonyl (C=O) groups is 2. The first kappa shape index (κ1) is 20.4. The van der Waals surface area contributed by atoms with Gasteiger partial charge in [0.05, 0.1) is 11.4 Å². The Morgan fingerprint density at radius 3 is 2.39 bits per heavy atom. The molecule has 1 fully saturated rings. The van der Waals surface area contributed by atoms with E-state index in [1.807, 2.05) is 0 Å². The van der Waals surface area contributed by atoms with Crippen LogP contribution in [0.25, 0.3) is 0 Å². The summed E-state index contributed by atoms with van der Waals surface area (Å²) in [7, 11) is -3.99. The maximum absolute atomic E-state index is 13.4. The number of hydrogen-bond acceptors (Lipinski definition) is 5. The zero-order valence-electron chi connectivity index (χ0n) is 14.6. The second-order valence-electron chi connectivity index (χ2n) is 6.06. The van der Waals surface area contributed by atoms with Crippen LogP contribution in [0.5, 0.6) is 0 Å². The summed E-state index contributed by atoms with van der Waals surface area (Å²) in [4.78, 5) is 25.2. The van der Waals surface area contributed by atoms with E-state index >= 15 is 0 Å². The third-order valence-electron chi connectivity index (χ3n) is 4.30. The van der Waals surface area contributed by atoms with E-state index in [1.54, 1.807) is 16.8 Å². The van der Waals surface area contributed by atoms with Gasteiger partial charge < -0.3 is 10.2 Å². The van der Waals surface area contributed by atoms with Crippen molar-refractivity contribution < 1.29 is 26.8 Å². The maximum atomic E-state index is 13.4. The van der Waals surface area contributed by atoms with Crippen LogP contribution in [0.3, 0.4) is 0 Å². The summed E-state index contributed by atoms with van der Waals surface area (Å²) in [6.45, 7) is 0.119. The van der Waals surface area contributed by atoms with Gasteiger partial charge in [-0.3, -0.25) is 9.59 Å². The van der Waals surface area contributed by atoms with E-state index in [-0.39, 0.29) is 49.4 Å². The zero-order valence-corrected chi connectivity index (χ0v) is 16.2. The van der Waals surface area contributed by atoms with Crippen molar-refractivity contribution >= 4 is 33.2 Å². The Hall–Kier alpha value is -2.37. The fourth-order valence-electron chi connectivity index (χ4n) is 2.73. The van der Waals surface area contributed by atoms with Gasteiger partial charge in [-0.2, -0.15) is 15.6 Å². The molecule has 1 aromatic heterocycles. The lowest BCUT2D eigenvalue weighted by atomic mass is 10.3. The molecule has 1 saturated heterocycles. The molecule has 2 aromatic rings. The number of thiophene rings is 1. The Labute approximate surface area is 164 Å². The summed E-state index contributed by atoms with van der Waals surface area (Å²) >= 11 is 1.37. The Bertz CT molecular complexity index is 972. The quantitative estimate of drug-likeness (QED) is 0.776. The van der Waals surface area contributed by atoms with E-state index in [9.17, 15) is 26.8 Å². The fourth-order valence-corrected chi connectivity index (χ4v) is 4.80. The summed E-state index contributed by atoms with van der Waals surface area (Å²) in [5.41, 5.74) is 0.472. The average molecular weight is 429 g/mol. The molecule has 1 aliphatic heterocycles. The van der Waals surface area contributed by atoms with Gasteiger partial charge in [0, 0.05) is 37.1 Å². The van der Waals surface area contributed by atoms with Crippen molar-refractivity contribution in [3.05, 3.63) is 52.2 Å². The number of piperazine rings is 1. The summed E-state index contributed by atoms with van der Waals surface area (Å²) in [5.74, 6) is -3.04. The molecule has 11 heteroatoms. The van der Waals surface area contributed by atoms with Gasteiger partial charge in [0.25, 0.3) is 5.91 Å². The van der Waals surface area contributed by atoms with Crippen LogP contribution in [-0.4, -0.2) is 62.2 Å². The number of hydrogen-bond donors (Lipinski definition) is 1. The number of halogens is 2. The Kier molecular flexibility index (Phi) is 6.06. The summed E-state index contributed by atoms with van der Waals surface area (Å²) in [6.07, 6.45) is 0. The van der Waals surface area contributed by atoms with Gasteiger partial charge in [0.1, 0.15) is 0 Å². The number of amides is 2. The lowest BCUT2D eigenvalue weighted by molar-refractivity contribution is -0.131. The molecular weight excluding hydrogens is 412 g/mol. The Morgan fingerprint density at radius 2 is 1.79 bits per heavy atom. The second kappa shape index (κ2) is 8.33. The number of nitrogens with one attached hydrogen (secondary N) is 1. The van der Waals surface area contributed by atoms with Crippen molar-refractivity contribution in [1.29, 1.82) is 0 Å². The van der Waals surface area contributed by atoms with Gasteiger partial charge in [-0.05, 0) is 29.6 Å². The smallest absolute Gasteiger partial charge is 0.252 e. The molecule has 0 atom stereocenters. The monoisotopic (exact) mass is 429 g/mol. The zero-order chi connectivity index (χ0) is 20.3. The minimum atomic E-state index is -3.99. The third kappa shape index (κ3) is 4.37.